The molecule has 0 radical (unpaired) electrons. The first-order valence-electron chi connectivity index (χ1n) is 5.71. The molecule has 1 aromatic heterocycles. The highest BCUT2D eigenvalue weighted by Crippen LogP contribution is 2.18. The first-order chi connectivity index (χ1) is 8.60. The van der Waals surface area contributed by atoms with Gasteiger partial charge in [-0.05, 0) is 31.7 Å². The molecule has 1 aromatic carbocycles. The predicted octanol–water partition coefficient (Wildman–Crippen LogP) is 2.75. The number of hydrogen-bond donors (Lipinski definition) is 1. The van der Waals surface area contributed by atoms with E-state index >= 15 is 0 Å². The Morgan fingerprint density at radius 1 is 1.39 bits per heavy atom. The van der Waals surface area contributed by atoms with Crippen LogP contribution in [0.5, 0.6) is 0 Å². The van der Waals surface area contributed by atoms with Gasteiger partial charge in [-0.2, -0.15) is 5.10 Å². The molecule has 0 saturated carbocycles. The Balaban J connectivity index is 2.20. The fourth-order valence-electron chi connectivity index (χ4n) is 1.83. The Hall–Kier alpha value is -1.39. The fourth-order valence-corrected chi connectivity index (χ4v) is 2.06. The molecule has 5 heteroatoms. The van der Waals surface area contributed by atoms with Gasteiger partial charge in [0.25, 0.3) is 0 Å². The summed E-state index contributed by atoms with van der Waals surface area (Å²) in [5, 5.41) is 7.93. The number of aromatic nitrogens is 2. The zero-order valence-corrected chi connectivity index (χ0v) is 11.1. The quantitative estimate of drug-likeness (QED) is 0.923. The molecule has 0 aliphatic carbocycles. The molecule has 0 spiro atoms. The van der Waals surface area contributed by atoms with Crippen molar-refractivity contribution in [3.63, 3.8) is 0 Å². The summed E-state index contributed by atoms with van der Waals surface area (Å²) >= 11 is 5.99. The molecule has 0 aliphatic rings. The monoisotopic (exact) mass is 267 g/mol. The molecule has 0 aliphatic heterocycles. The number of halogens is 2. The number of benzene rings is 1. The van der Waals surface area contributed by atoms with Gasteiger partial charge >= 0.3 is 0 Å². The number of nitrogens with zero attached hydrogens (tertiary/aromatic N) is 2. The van der Waals surface area contributed by atoms with E-state index in [0.717, 1.165) is 23.4 Å². The van der Waals surface area contributed by atoms with Crippen molar-refractivity contribution in [2.24, 2.45) is 0 Å². The van der Waals surface area contributed by atoms with E-state index < -0.39 is 0 Å². The van der Waals surface area contributed by atoms with Crippen LogP contribution in [-0.2, 0) is 13.1 Å². The third-order valence-corrected chi connectivity index (χ3v) is 3.11. The molecule has 18 heavy (non-hydrogen) atoms. The molecule has 0 amide bonds. The van der Waals surface area contributed by atoms with Crippen LogP contribution in [0.2, 0.25) is 5.02 Å². The summed E-state index contributed by atoms with van der Waals surface area (Å²) in [6, 6.07) is 4.42. The molecule has 2 aromatic rings. The van der Waals surface area contributed by atoms with Gasteiger partial charge in [0, 0.05) is 23.3 Å². The van der Waals surface area contributed by atoms with E-state index in [1.54, 1.807) is 6.07 Å². The molecule has 2 rings (SSSR count). The van der Waals surface area contributed by atoms with Crippen molar-refractivity contribution in [3.05, 3.63) is 52.1 Å². The minimum Gasteiger partial charge on any atom is -0.316 e. The Kier molecular flexibility index (Phi) is 3.99. The van der Waals surface area contributed by atoms with Crippen LogP contribution in [0.25, 0.3) is 0 Å². The normalized spacial score (nSPS) is 10.9. The van der Waals surface area contributed by atoms with E-state index in [1.165, 1.54) is 12.1 Å². The molecule has 0 unspecified atom stereocenters. The van der Waals surface area contributed by atoms with Gasteiger partial charge in [0.05, 0.1) is 12.2 Å². The van der Waals surface area contributed by atoms with Crippen molar-refractivity contribution < 1.29 is 4.39 Å². The number of hydrogen-bond acceptors (Lipinski definition) is 2. The highest BCUT2D eigenvalue weighted by molar-refractivity contribution is 6.31. The largest absolute Gasteiger partial charge is 0.316 e. The number of aryl methyl sites for hydroxylation is 1. The van der Waals surface area contributed by atoms with Gasteiger partial charge in [-0.1, -0.05) is 17.7 Å². The molecule has 0 atom stereocenters. The number of nitrogens with one attached hydrogen (secondary N) is 1. The van der Waals surface area contributed by atoms with E-state index in [0.29, 0.717) is 11.6 Å². The molecule has 96 valence electrons. The summed E-state index contributed by atoms with van der Waals surface area (Å²) in [7, 11) is 1.90. The van der Waals surface area contributed by atoms with Gasteiger partial charge in [-0.3, -0.25) is 4.68 Å². The van der Waals surface area contributed by atoms with Crippen LogP contribution >= 0.6 is 11.6 Å². The molecular formula is C13H15ClFN3. The van der Waals surface area contributed by atoms with Crippen LogP contribution in [0.15, 0.2) is 24.4 Å². The summed E-state index contributed by atoms with van der Waals surface area (Å²) in [6.07, 6.45) is 1.98. The molecule has 1 N–H and O–H groups in total. The number of rotatable bonds is 4. The summed E-state index contributed by atoms with van der Waals surface area (Å²) < 4.78 is 14.8. The van der Waals surface area contributed by atoms with Gasteiger partial charge < -0.3 is 5.32 Å². The molecule has 0 saturated heterocycles. The lowest BCUT2D eigenvalue weighted by Gasteiger charge is -2.04. The standard InChI is InChI=1S/C13H15ClFN3/c1-9-11(6-16-2)8-18(17-9)7-10-3-4-12(15)5-13(10)14/h3-5,8,16H,6-7H2,1-2H3. The second-order valence-electron chi connectivity index (χ2n) is 4.20. The first kappa shape index (κ1) is 13.1. The van der Waals surface area contributed by atoms with Crippen molar-refractivity contribution in [1.82, 2.24) is 15.1 Å². The third-order valence-electron chi connectivity index (χ3n) is 2.76. The second kappa shape index (κ2) is 5.50. The summed E-state index contributed by atoms with van der Waals surface area (Å²) in [5.74, 6) is -0.323. The topological polar surface area (TPSA) is 29.9 Å². The van der Waals surface area contributed by atoms with Gasteiger partial charge in [0.1, 0.15) is 5.82 Å². The maximum absolute atomic E-state index is 12.9. The lowest BCUT2D eigenvalue weighted by molar-refractivity contribution is 0.624. The minimum absolute atomic E-state index is 0.323. The first-order valence-corrected chi connectivity index (χ1v) is 6.09. The van der Waals surface area contributed by atoms with E-state index in [-0.39, 0.29) is 5.82 Å². The van der Waals surface area contributed by atoms with Crippen LogP contribution in [-0.4, -0.2) is 16.8 Å². The maximum Gasteiger partial charge on any atom is 0.124 e. The van der Waals surface area contributed by atoms with Crippen LogP contribution in [0, 0.1) is 12.7 Å². The van der Waals surface area contributed by atoms with Gasteiger partial charge in [-0.15, -0.1) is 0 Å². The van der Waals surface area contributed by atoms with Crippen molar-refractivity contribution >= 4 is 11.6 Å². The second-order valence-corrected chi connectivity index (χ2v) is 4.61. The van der Waals surface area contributed by atoms with E-state index in [9.17, 15) is 4.39 Å². The third kappa shape index (κ3) is 2.89. The Labute approximate surface area is 111 Å². The smallest absolute Gasteiger partial charge is 0.124 e. The van der Waals surface area contributed by atoms with E-state index in [4.69, 9.17) is 11.6 Å². The van der Waals surface area contributed by atoms with Crippen LogP contribution < -0.4 is 5.32 Å². The maximum atomic E-state index is 12.9. The van der Waals surface area contributed by atoms with Gasteiger partial charge in [0.2, 0.25) is 0 Å². The Morgan fingerprint density at radius 3 is 2.83 bits per heavy atom. The van der Waals surface area contributed by atoms with Crippen molar-refractivity contribution in [2.75, 3.05) is 7.05 Å². The zero-order chi connectivity index (χ0) is 13.1. The summed E-state index contributed by atoms with van der Waals surface area (Å²) in [4.78, 5) is 0. The Bertz CT molecular complexity index is 551. The van der Waals surface area contributed by atoms with Crippen LogP contribution in [0.1, 0.15) is 16.8 Å². The Morgan fingerprint density at radius 2 is 2.17 bits per heavy atom. The minimum atomic E-state index is -0.323. The van der Waals surface area contributed by atoms with E-state index in [1.807, 2.05) is 24.9 Å². The van der Waals surface area contributed by atoms with Crippen molar-refractivity contribution in [2.45, 2.75) is 20.0 Å². The zero-order valence-electron chi connectivity index (χ0n) is 10.4. The molecular weight excluding hydrogens is 253 g/mol. The van der Waals surface area contributed by atoms with Crippen molar-refractivity contribution in [1.29, 1.82) is 0 Å². The lowest BCUT2D eigenvalue weighted by atomic mass is 10.2. The average molecular weight is 268 g/mol. The molecule has 1 heterocycles. The van der Waals surface area contributed by atoms with Crippen molar-refractivity contribution in [3.8, 4) is 0 Å². The average Bonchev–Trinajstić information content (AvgIpc) is 2.64. The van der Waals surface area contributed by atoms with E-state index in [2.05, 4.69) is 10.4 Å². The highest BCUT2D eigenvalue weighted by atomic mass is 35.5. The van der Waals surface area contributed by atoms with Crippen LogP contribution in [0.4, 0.5) is 4.39 Å². The molecule has 0 fully saturated rings. The summed E-state index contributed by atoms with van der Waals surface area (Å²) in [6.45, 7) is 3.29. The fraction of sp³-hybridized carbons (Fsp3) is 0.308. The molecule has 3 nitrogen and oxygen atoms in total. The highest BCUT2D eigenvalue weighted by Gasteiger charge is 2.07. The SMILES string of the molecule is CNCc1cn(Cc2ccc(F)cc2Cl)nc1C. The molecule has 0 bridgehead atoms. The van der Waals surface area contributed by atoms with Gasteiger partial charge in [0.15, 0.2) is 0 Å². The van der Waals surface area contributed by atoms with Gasteiger partial charge in [-0.25, -0.2) is 4.39 Å². The lowest BCUT2D eigenvalue weighted by Crippen LogP contribution is -2.05. The predicted molar refractivity (Wildman–Crippen MR) is 70.2 cm³/mol. The summed E-state index contributed by atoms with van der Waals surface area (Å²) in [5.41, 5.74) is 3.00. The van der Waals surface area contributed by atoms with Crippen LogP contribution in [0.3, 0.4) is 0 Å².